The molecule has 2 aromatic carbocycles. The molecule has 0 aliphatic carbocycles. The molecule has 2 aromatic heterocycles. The van der Waals surface area contributed by atoms with Crippen molar-refractivity contribution in [2.45, 2.75) is 20.0 Å². The Balaban J connectivity index is 1.45. The molecule has 0 saturated heterocycles. The predicted octanol–water partition coefficient (Wildman–Crippen LogP) is 2.66. The van der Waals surface area contributed by atoms with Gasteiger partial charge in [0.05, 0.1) is 24.8 Å². The van der Waals surface area contributed by atoms with Crippen LogP contribution in [0.4, 0.5) is 8.78 Å². The monoisotopic (exact) mass is 423 g/mol. The number of amides is 1. The number of carbonyl (C=O) groups is 1. The van der Waals surface area contributed by atoms with Crippen molar-refractivity contribution in [3.8, 4) is 0 Å². The summed E-state index contributed by atoms with van der Waals surface area (Å²) in [6, 6.07) is 10.6. The fourth-order valence-electron chi connectivity index (χ4n) is 3.21. The zero-order valence-corrected chi connectivity index (χ0v) is 16.7. The van der Waals surface area contributed by atoms with Crippen LogP contribution in [0.25, 0.3) is 11.0 Å². The lowest BCUT2D eigenvalue weighted by molar-refractivity contribution is 0.0948. The average molecular weight is 423 g/mol. The van der Waals surface area contributed by atoms with Gasteiger partial charge < -0.3 is 5.32 Å². The first-order valence-corrected chi connectivity index (χ1v) is 9.62. The van der Waals surface area contributed by atoms with E-state index in [2.05, 4.69) is 15.4 Å². The fourth-order valence-corrected chi connectivity index (χ4v) is 3.21. The number of halogens is 2. The summed E-state index contributed by atoms with van der Waals surface area (Å²) in [7, 11) is 0. The first-order chi connectivity index (χ1) is 14.9. The smallest absolute Gasteiger partial charge is 0.264 e. The minimum Gasteiger partial charge on any atom is -0.350 e. The highest BCUT2D eigenvalue weighted by Gasteiger charge is 2.13. The Hall–Kier alpha value is -3.88. The number of hydrogen-bond acceptors (Lipinski definition) is 4. The molecule has 4 aromatic rings. The van der Waals surface area contributed by atoms with E-state index in [-0.39, 0.29) is 24.2 Å². The van der Waals surface area contributed by atoms with Gasteiger partial charge in [0, 0.05) is 12.6 Å². The van der Waals surface area contributed by atoms with Gasteiger partial charge in [-0.3, -0.25) is 14.2 Å². The summed E-state index contributed by atoms with van der Waals surface area (Å²) in [4.78, 5) is 29.2. The molecule has 0 saturated carbocycles. The second-order valence-corrected chi connectivity index (χ2v) is 7.15. The maximum Gasteiger partial charge on any atom is 0.264 e. The van der Waals surface area contributed by atoms with Crippen LogP contribution in [0, 0.1) is 18.6 Å². The number of nitrogens with zero attached hydrogens (tertiary/aromatic N) is 4. The minimum atomic E-state index is -0.933. The van der Waals surface area contributed by atoms with Gasteiger partial charge in [-0.1, -0.05) is 29.8 Å². The Morgan fingerprint density at radius 3 is 2.65 bits per heavy atom. The van der Waals surface area contributed by atoms with Crippen LogP contribution in [0.1, 0.15) is 21.5 Å². The lowest BCUT2D eigenvalue weighted by Crippen LogP contribution is -2.28. The summed E-state index contributed by atoms with van der Waals surface area (Å²) >= 11 is 0. The number of hydrogen-bond donors (Lipinski definition) is 1. The second-order valence-electron chi connectivity index (χ2n) is 7.15. The molecule has 0 radical (unpaired) electrons. The van der Waals surface area contributed by atoms with E-state index in [1.54, 1.807) is 0 Å². The van der Waals surface area contributed by atoms with Gasteiger partial charge in [-0.25, -0.2) is 18.4 Å². The third-order valence-corrected chi connectivity index (χ3v) is 4.88. The van der Waals surface area contributed by atoms with Crippen molar-refractivity contribution in [3.05, 3.63) is 93.7 Å². The van der Waals surface area contributed by atoms with E-state index < -0.39 is 17.5 Å². The third-order valence-electron chi connectivity index (χ3n) is 4.88. The van der Waals surface area contributed by atoms with Crippen LogP contribution >= 0.6 is 0 Å². The molecule has 0 spiro atoms. The summed E-state index contributed by atoms with van der Waals surface area (Å²) in [5.41, 5.74) is 2.06. The summed E-state index contributed by atoms with van der Waals surface area (Å²) in [5.74, 6) is -2.35. The Morgan fingerprint density at radius 1 is 1.13 bits per heavy atom. The highest BCUT2D eigenvalue weighted by molar-refractivity contribution is 5.94. The molecule has 2 heterocycles. The molecule has 0 atom stereocenters. The standard InChI is InChI=1S/C22H19F2N5O2/c1-14-2-4-15(5-3-14)12-28-13-26-20-18(22(28)31)11-27-29(20)9-8-25-21(30)17-7-6-16(23)10-19(17)24/h2-7,10-11,13H,8-9,12H2,1H3,(H,25,30). The molecule has 0 bridgehead atoms. The average Bonchev–Trinajstić information content (AvgIpc) is 3.15. The number of carbonyl (C=O) groups excluding carboxylic acids is 1. The van der Waals surface area contributed by atoms with Gasteiger partial charge in [0.2, 0.25) is 0 Å². The van der Waals surface area contributed by atoms with Crippen LogP contribution in [-0.4, -0.2) is 31.8 Å². The second kappa shape index (κ2) is 8.47. The maximum absolute atomic E-state index is 13.7. The quantitative estimate of drug-likeness (QED) is 0.517. The van der Waals surface area contributed by atoms with E-state index >= 15 is 0 Å². The Labute approximate surface area is 176 Å². The molecule has 0 unspecified atom stereocenters. The third kappa shape index (κ3) is 4.35. The molecule has 1 N–H and O–H groups in total. The van der Waals surface area contributed by atoms with Crippen LogP contribution in [-0.2, 0) is 13.1 Å². The van der Waals surface area contributed by atoms with E-state index in [4.69, 9.17) is 0 Å². The molecule has 9 heteroatoms. The molecule has 1 amide bonds. The van der Waals surface area contributed by atoms with E-state index in [0.717, 1.165) is 23.3 Å². The lowest BCUT2D eigenvalue weighted by atomic mass is 10.1. The SMILES string of the molecule is Cc1ccc(Cn2cnc3c(cnn3CCNC(=O)c3ccc(F)cc3F)c2=O)cc1. The number of benzene rings is 2. The largest absolute Gasteiger partial charge is 0.350 e. The van der Waals surface area contributed by atoms with Crippen LogP contribution in [0.2, 0.25) is 0 Å². The van der Waals surface area contributed by atoms with Crippen molar-refractivity contribution in [1.29, 1.82) is 0 Å². The van der Waals surface area contributed by atoms with Gasteiger partial charge in [-0.2, -0.15) is 5.10 Å². The molecule has 4 rings (SSSR count). The minimum absolute atomic E-state index is 0.126. The van der Waals surface area contributed by atoms with Crippen LogP contribution < -0.4 is 10.9 Å². The number of aryl methyl sites for hydroxylation is 1. The van der Waals surface area contributed by atoms with Crippen molar-refractivity contribution in [3.63, 3.8) is 0 Å². The fraction of sp³-hybridized carbons (Fsp3) is 0.182. The Kier molecular flexibility index (Phi) is 5.57. The van der Waals surface area contributed by atoms with Gasteiger partial charge in [-0.15, -0.1) is 0 Å². The van der Waals surface area contributed by atoms with Crippen molar-refractivity contribution in [1.82, 2.24) is 24.6 Å². The summed E-state index contributed by atoms with van der Waals surface area (Å²) in [5, 5.41) is 7.10. The van der Waals surface area contributed by atoms with Crippen LogP contribution in [0.5, 0.6) is 0 Å². The van der Waals surface area contributed by atoms with Crippen molar-refractivity contribution < 1.29 is 13.6 Å². The molecular weight excluding hydrogens is 404 g/mol. The van der Waals surface area contributed by atoms with E-state index in [1.807, 2.05) is 31.2 Å². The summed E-state index contributed by atoms with van der Waals surface area (Å²) in [6.45, 7) is 2.75. The maximum atomic E-state index is 13.7. The van der Waals surface area contributed by atoms with Crippen molar-refractivity contribution in [2.24, 2.45) is 0 Å². The van der Waals surface area contributed by atoms with E-state index in [0.29, 0.717) is 23.6 Å². The lowest BCUT2D eigenvalue weighted by Gasteiger charge is -2.08. The van der Waals surface area contributed by atoms with E-state index in [1.165, 1.54) is 21.8 Å². The molecular formula is C22H19F2N5O2. The molecule has 0 aliphatic rings. The zero-order valence-electron chi connectivity index (χ0n) is 16.7. The summed E-state index contributed by atoms with van der Waals surface area (Å²) < 4.78 is 29.7. The van der Waals surface area contributed by atoms with Gasteiger partial charge in [0.1, 0.15) is 23.3 Å². The van der Waals surface area contributed by atoms with Crippen molar-refractivity contribution >= 4 is 16.9 Å². The molecule has 7 nitrogen and oxygen atoms in total. The van der Waals surface area contributed by atoms with Crippen molar-refractivity contribution in [2.75, 3.05) is 6.54 Å². The molecule has 158 valence electrons. The number of fused-ring (bicyclic) bond motifs is 1. The van der Waals surface area contributed by atoms with Gasteiger partial charge in [-0.05, 0) is 24.6 Å². The number of aromatic nitrogens is 4. The Morgan fingerprint density at radius 2 is 1.90 bits per heavy atom. The predicted molar refractivity (Wildman–Crippen MR) is 111 cm³/mol. The zero-order chi connectivity index (χ0) is 22.0. The highest BCUT2D eigenvalue weighted by Crippen LogP contribution is 2.10. The molecule has 0 aliphatic heterocycles. The van der Waals surface area contributed by atoms with Gasteiger partial charge in [0.25, 0.3) is 11.5 Å². The first kappa shape index (κ1) is 20.4. The van der Waals surface area contributed by atoms with Gasteiger partial charge in [0.15, 0.2) is 5.65 Å². The molecule has 31 heavy (non-hydrogen) atoms. The highest BCUT2D eigenvalue weighted by atomic mass is 19.1. The topological polar surface area (TPSA) is 81.8 Å². The number of nitrogens with one attached hydrogen (secondary N) is 1. The van der Waals surface area contributed by atoms with Crippen LogP contribution in [0.15, 0.2) is 59.8 Å². The first-order valence-electron chi connectivity index (χ1n) is 9.62. The molecule has 0 fully saturated rings. The Bertz CT molecular complexity index is 1310. The normalized spacial score (nSPS) is 11.1. The van der Waals surface area contributed by atoms with Gasteiger partial charge >= 0.3 is 0 Å². The van der Waals surface area contributed by atoms with Crippen LogP contribution in [0.3, 0.4) is 0 Å². The summed E-state index contributed by atoms with van der Waals surface area (Å²) in [6.07, 6.45) is 2.91. The van der Waals surface area contributed by atoms with E-state index in [9.17, 15) is 18.4 Å². The number of rotatable bonds is 6.